The number of nitrogens with zero attached hydrogens (tertiary/aromatic N) is 4. The Morgan fingerprint density at radius 2 is 2.03 bits per heavy atom. The van der Waals surface area contributed by atoms with Crippen LogP contribution in [0.2, 0.25) is 0 Å². The second kappa shape index (κ2) is 12.4. The van der Waals surface area contributed by atoms with Crippen molar-refractivity contribution in [3.8, 4) is 11.5 Å². The van der Waals surface area contributed by atoms with Crippen molar-refractivity contribution in [2.75, 3.05) is 21.3 Å². The van der Waals surface area contributed by atoms with E-state index in [9.17, 15) is 0 Å². The summed E-state index contributed by atoms with van der Waals surface area (Å²) in [6.07, 6.45) is 6.78. The number of para-hydroxylation sites is 1. The monoisotopic (exact) mass is 570 g/mol. The van der Waals surface area contributed by atoms with Crippen molar-refractivity contribution in [2.24, 2.45) is 4.99 Å². The molecule has 33 heavy (non-hydrogen) atoms. The van der Waals surface area contributed by atoms with Gasteiger partial charge < -0.3 is 24.8 Å². The number of aromatic nitrogens is 3. The number of hydrogen-bond donors (Lipinski definition) is 2. The highest BCUT2D eigenvalue weighted by Crippen LogP contribution is 2.34. The summed E-state index contributed by atoms with van der Waals surface area (Å²) >= 11 is 0. The van der Waals surface area contributed by atoms with Gasteiger partial charge in [-0.15, -0.1) is 24.0 Å². The quantitative estimate of drug-likeness (QED) is 0.286. The number of rotatable bonds is 8. The Morgan fingerprint density at radius 1 is 1.21 bits per heavy atom. The van der Waals surface area contributed by atoms with Gasteiger partial charge >= 0.3 is 0 Å². The first-order chi connectivity index (χ1) is 15.7. The molecule has 0 spiro atoms. The average molecular weight is 570 g/mol. The summed E-state index contributed by atoms with van der Waals surface area (Å²) in [7, 11) is 5.14. The lowest BCUT2D eigenvalue weighted by molar-refractivity contribution is 0.177. The highest BCUT2D eigenvalue weighted by atomic mass is 127. The lowest BCUT2D eigenvalue weighted by atomic mass is 10.1. The van der Waals surface area contributed by atoms with E-state index in [2.05, 4.69) is 31.8 Å². The van der Waals surface area contributed by atoms with Gasteiger partial charge in [-0.25, -0.2) is 9.67 Å². The maximum atomic E-state index is 6.35. The Balaban J connectivity index is 0.00000306. The predicted octanol–water partition coefficient (Wildman–Crippen LogP) is 3.05. The molecule has 2 N–H and O–H groups in total. The number of halogens is 1. The average Bonchev–Trinajstić information content (AvgIpc) is 3.46. The summed E-state index contributed by atoms with van der Waals surface area (Å²) in [5, 5.41) is 11.5. The van der Waals surface area contributed by atoms with Crippen LogP contribution >= 0.6 is 24.0 Å². The second-order valence-corrected chi connectivity index (χ2v) is 8.34. The topological polar surface area (TPSA) is 94.8 Å². The number of methoxy groups -OCH3 is 2. The Bertz CT molecular complexity index is 929. The van der Waals surface area contributed by atoms with Crippen molar-refractivity contribution in [1.82, 2.24) is 25.4 Å². The fraction of sp³-hybridized carbons (Fsp3) is 0.609. The smallest absolute Gasteiger partial charge is 0.191 e. The van der Waals surface area contributed by atoms with Gasteiger partial charge in [0.25, 0.3) is 0 Å². The first-order valence-corrected chi connectivity index (χ1v) is 11.4. The number of benzene rings is 1. The summed E-state index contributed by atoms with van der Waals surface area (Å²) in [5.74, 6) is 4.12. The normalized spacial score (nSPS) is 18.4. The molecule has 1 atom stereocenters. The van der Waals surface area contributed by atoms with Gasteiger partial charge in [0, 0.05) is 38.7 Å². The van der Waals surface area contributed by atoms with E-state index in [1.165, 1.54) is 12.8 Å². The number of fused-ring (bicyclic) bond motifs is 1. The second-order valence-electron chi connectivity index (χ2n) is 8.34. The van der Waals surface area contributed by atoms with Crippen LogP contribution in [0.15, 0.2) is 23.2 Å². The molecule has 0 radical (unpaired) electrons. The molecule has 1 aliphatic carbocycles. The number of ether oxygens (including phenoxy) is 3. The molecule has 9 nitrogen and oxygen atoms in total. The van der Waals surface area contributed by atoms with Gasteiger partial charge in [-0.05, 0) is 38.2 Å². The third-order valence-corrected chi connectivity index (χ3v) is 6.05. The molecule has 10 heteroatoms. The molecule has 0 saturated heterocycles. The fourth-order valence-electron chi connectivity index (χ4n) is 4.40. The van der Waals surface area contributed by atoms with E-state index in [-0.39, 0.29) is 36.1 Å². The Morgan fingerprint density at radius 3 is 2.76 bits per heavy atom. The molecule has 182 valence electrons. The van der Waals surface area contributed by atoms with E-state index in [0.717, 1.165) is 66.9 Å². The van der Waals surface area contributed by atoms with Crippen LogP contribution in [0.3, 0.4) is 0 Å². The third-order valence-electron chi connectivity index (χ3n) is 6.05. The van der Waals surface area contributed by atoms with Crippen LogP contribution in [-0.4, -0.2) is 54.1 Å². The van der Waals surface area contributed by atoms with Crippen LogP contribution < -0.4 is 20.1 Å². The molecule has 1 saturated carbocycles. The van der Waals surface area contributed by atoms with Crippen molar-refractivity contribution in [3.63, 3.8) is 0 Å². The van der Waals surface area contributed by atoms with Gasteiger partial charge in [-0.1, -0.05) is 12.1 Å². The van der Waals surface area contributed by atoms with E-state index in [4.69, 9.17) is 14.2 Å². The fourth-order valence-corrected chi connectivity index (χ4v) is 4.40. The van der Waals surface area contributed by atoms with Gasteiger partial charge in [-0.2, -0.15) is 5.10 Å². The van der Waals surface area contributed by atoms with Gasteiger partial charge in [-0.3, -0.25) is 4.99 Å². The van der Waals surface area contributed by atoms with Crippen LogP contribution in [-0.2, 0) is 30.9 Å². The van der Waals surface area contributed by atoms with E-state index in [1.54, 1.807) is 21.3 Å². The summed E-state index contributed by atoms with van der Waals surface area (Å²) in [6, 6.07) is 6.26. The Hall–Kier alpha value is -2.08. The van der Waals surface area contributed by atoms with Crippen molar-refractivity contribution in [3.05, 3.63) is 35.4 Å². The molecular weight excluding hydrogens is 535 g/mol. The third kappa shape index (κ3) is 6.50. The predicted molar refractivity (Wildman–Crippen MR) is 137 cm³/mol. The molecule has 1 unspecified atom stereocenters. The van der Waals surface area contributed by atoms with E-state index < -0.39 is 0 Å². The number of nitrogens with one attached hydrogen (secondary N) is 2. The molecule has 2 aliphatic rings. The molecule has 0 amide bonds. The van der Waals surface area contributed by atoms with E-state index >= 15 is 0 Å². The maximum absolute atomic E-state index is 6.35. The van der Waals surface area contributed by atoms with E-state index in [0.29, 0.717) is 13.2 Å². The first-order valence-electron chi connectivity index (χ1n) is 11.4. The molecule has 0 bridgehead atoms. The number of hydrogen-bond acceptors (Lipinski definition) is 6. The lowest BCUT2D eigenvalue weighted by Crippen LogP contribution is -2.46. The van der Waals surface area contributed by atoms with E-state index in [1.807, 2.05) is 16.8 Å². The van der Waals surface area contributed by atoms with Crippen molar-refractivity contribution < 1.29 is 14.2 Å². The zero-order chi connectivity index (χ0) is 22.3. The maximum Gasteiger partial charge on any atom is 0.191 e. The minimum absolute atomic E-state index is 0. The molecule has 2 aromatic rings. The van der Waals surface area contributed by atoms with Crippen LogP contribution in [0.5, 0.6) is 11.5 Å². The molecule has 1 aliphatic heterocycles. The van der Waals surface area contributed by atoms with Crippen molar-refractivity contribution in [1.29, 1.82) is 0 Å². The zero-order valence-electron chi connectivity index (χ0n) is 19.7. The van der Waals surface area contributed by atoms with Crippen LogP contribution in [0, 0.1) is 0 Å². The Labute approximate surface area is 212 Å². The highest BCUT2D eigenvalue weighted by Gasteiger charge is 2.23. The molecule has 4 rings (SSSR count). The van der Waals surface area contributed by atoms with Crippen molar-refractivity contribution in [2.45, 2.75) is 70.4 Å². The molecule has 1 fully saturated rings. The van der Waals surface area contributed by atoms with Crippen LogP contribution in [0.1, 0.15) is 49.3 Å². The molecule has 2 heterocycles. The summed E-state index contributed by atoms with van der Waals surface area (Å²) < 4.78 is 19.1. The minimum atomic E-state index is 0. The zero-order valence-corrected chi connectivity index (χ0v) is 22.0. The summed E-state index contributed by atoms with van der Waals surface area (Å²) in [6.45, 7) is 1.78. The van der Waals surface area contributed by atoms with Gasteiger partial charge in [0.05, 0.1) is 19.8 Å². The van der Waals surface area contributed by atoms with Gasteiger partial charge in [0.2, 0.25) is 0 Å². The van der Waals surface area contributed by atoms with Crippen molar-refractivity contribution >= 4 is 29.9 Å². The van der Waals surface area contributed by atoms with Crippen LogP contribution in [0.4, 0.5) is 0 Å². The standard InChI is InChI=1S/C23H34N6O3.HI/c1-24-23(26-17-11-12-21-27-20(15-30-2)28-29(21)14-17)25-13-16-7-6-10-19(31-3)22(16)32-18-8-4-5-9-18;/h6-7,10,17-18H,4-5,8-9,11-15H2,1-3H3,(H2,24,25,26);1H. The SMILES string of the molecule is CN=C(NCc1cccc(OC)c1OC1CCCC1)NC1CCc2nc(COC)nn2C1.I. The summed E-state index contributed by atoms with van der Waals surface area (Å²) in [4.78, 5) is 8.97. The first kappa shape index (κ1) is 25.5. The minimum Gasteiger partial charge on any atom is -0.493 e. The molecular formula is C23H35IN6O3. The number of guanidine groups is 1. The molecule has 1 aromatic carbocycles. The number of aliphatic imine (C=N–C) groups is 1. The highest BCUT2D eigenvalue weighted by molar-refractivity contribution is 14.0. The van der Waals surface area contributed by atoms with Crippen LogP contribution in [0.25, 0.3) is 0 Å². The molecule has 1 aromatic heterocycles. The summed E-state index contributed by atoms with van der Waals surface area (Å²) in [5.41, 5.74) is 1.06. The Kier molecular flexibility index (Phi) is 9.60. The lowest BCUT2D eigenvalue weighted by Gasteiger charge is -2.25. The largest absolute Gasteiger partial charge is 0.493 e. The van der Waals surface area contributed by atoms with Gasteiger partial charge in [0.15, 0.2) is 23.3 Å². The van der Waals surface area contributed by atoms with Gasteiger partial charge in [0.1, 0.15) is 12.4 Å². The number of aryl methyl sites for hydroxylation is 1.